The highest BCUT2D eigenvalue weighted by atomic mass is 35.5. The number of piperidine rings is 3. The molecule has 6 aromatic carbocycles. The van der Waals surface area contributed by atoms with Gasteiger partial charge in [-0.2, -0.15) is 31.1 Å². The maximum Gasteiger partial charge on any atom is 0.335 e. The number of aromatic carboxylic acids is 1. The quantitative estimate of drug-likeness (QED) is 0.0502. The summed E-state index contributed by atoms with van der Waals surface area (Å²) in [7, 11) is 4.81. The number of carboxylic acids is 1. The maximum absolute atomic E-state index is 13.7. The Balaban J connectivity index is 0.000000184. The van der Waals surface area contributed by atoms with Gasteiger partial charge >= 0.3 is 5.97 Å². The third-order valence-corrected chi connectivity index (χ3v) is 19.3. The van der Waals surface area contributed by atoms with E-state index in [9.17, 15) is 19.5 Å². The molecule has 0 radical (unpaired) electrons. The van der Waals surface area contributed by atoms with E-state index in [1.165, 1.54) is 29.5 Å². The largest absolute Gasteiger partial charge is 0.478 e. The molecule has 2 amide bonds. The summed E-state index contributed by atoms with van der Waals surface area (Å²) in [6.07, 6.45) is 7.91. The number of ether oxygens (including phenoxy) is 3. The molecule has 5 N–H and O–H groups in total. The number of hydrogen-bond donors (Lipinski definition) is 5. The van der Waals surface area contributed by atoms with E-state index in [1.54, 1.807) is 27.4 Å². The number of nitrogens with one attached hydrogen (secondary N) is 4. The number of benzene rings is 6. The maximum atomic E-state index is 13.7. The van der Waals surface area contributed by atoms with Crippen LogP contribution in [0.1, 0.15) is 224 Å². The monoisotopic (exact) mass is 1430 g/mol. The van der Waals surface area contributed by atoms with E-state index in [2.05, 4.69) is 114 Å². The van der Waals surface area contributed by atoms with Crippen LogP contribution in [-0.2, 0) is 40.5 Å². The topological polar surface area (TPSA) is 314 Å². The summed E-state index contributed by atoms with van der Waals surface area (Å²) in [6.45, 7) is 22.5. The fourth-order valence-electron chi connectivity index (χ4n) is 13.6. The fourth-order valence-corrected chi connectivity index (χ4v) is 13.6. The number of likely N-dealkylation sites (tertiary alicyclic amines) is 2. The number of hydrogen-bond acceptors (Lipinski definition) is 16. The van der Waals surface area contributed by atoms with E-state index in [0.29, 0.717) is 102 Å². The van der Waals surface area contributed by atoms with Crippen molar-refractivity contribution in [1.29, 1.82) is 15.8 Å². The van der Waals surface area contributed by atoms with Gasteiger partial charge in [0, 0.05) is 75.3 Å². The van der Waals surface area contributed by atoms with Crippen molar-refractivity contribution >= 4 is 30.2 Å². The van der Waals surface area contributed by atoms with Crippen molar-refractivity contribution < 1.29 is 33.7 Å². The van der Waals surface area contributed by atoms with Crippen molar-refractivity contribution in [1.82, 2.24) is 60.7 Å². The fraction of sp³-hybridized carbons (Fsp3) is 0.407. The van der Waals surface area contributed by atoms with Crippen molar-refractivity contribution in [2.45, 2.75) is 156 Å². The number of aryl methyl sites for hydroxylation is 4. The van der Waals surface area contributed by atoms with Crippen LogP contribution in [-0.4, -0.2) is 139 Å². The van der Waals surface area contributed by atoms with Crippen LogP contribution in [0.25, 0.3) is 34.2 Å². The van der Waals surface area contributed by atoms with Gasteiger partial charge in [-0.25, -0.2) is 19.7 Å². The van der Waals surface area contributed by atoms with Crippen molar-refractivity contribution in [3.63, 3.8) is 0 Å². The highest BCUT2D eigenvalue weighted by molar-refractivity contribution is 5.98. The molecule has 3 aliphatic heterocycles. The van der Waals surface area contributed by atoms with Gasteiger partial charge in [-0.3, -0.25) is 24.9 Å². The van der Waals surface area contributed by atoms with Gasteiger partial charge in [0.25, 0.3) is 11.8 Å². The molecule has 0 bridgehead atoms. The van der Waals surface area contributed by atoms with Gasteiger partial charge in [0.1, 0.15) is 19.8 Å². The van der Waals surface area contributed by atoms with Crippen LogP contribution in [0.5, 0.6) is 0 Å². The second-order valence-electron chi connectivity index (χ2n) is 27.2. The number of carbonyl (C=O) groups excluding carboxylic acids is 2. The summed E-state index contributed by atoms with van der Waals surface area (Å²) in [4.78, 5) is 56.1. The van der Waals surface area contributed by atoms with Crippen molar-refractivity contribution in [2.75, 3.05) is 60.6 Å². The summed E-state index contributed by atoms with van der Waals surface area (Å²) in [5, 5.41) is 60.9. The molecule has 22 nitrogen and oxygen atoms in total. The zero-order valence-electron chi connectivity index (χ0n) is 61.5. The Hall–Kier alpha value is -10.3. The van der Waals surface area contributed by atoms with E-state index < -0.39 is 5.97 Å². The number of amides is 2. The third-order valence-electron chi connectivity index (χ3n) is 19.3. The summed E-state index contributed by atoms with van der Waals surface area (Å²) in [6, 6.07) is 41.8. The van der Waals surface area contributed by atoms with Crippen molar-refractivity contribution in [2.24, 2.45) is 0 Å². The Morgan fingerprint density at radius 1 is 0.500 bits per heavy atom. The molecule has 544 valence electrons. The average Bonchev–Trinajstić information content (AvgIpc) is 1.14. The third kappa shape index (κ3) is 20.3. The predicted octanol–water partition coefficient (Wildman–Crippen LogP) is 14.9. The number of aromatic amines is 3. The molecule has 23 heteroatoms. The second-order valence-corrected chi connectivity index (χ2v) is 27.2. The Labute approximate surface area is 616 Å². The van der Waals surface area contributed by atoms with Gasteiger partial charge < -0.3 is 34.4 Å². The van der Waals surface area contributed by atoms with Gasteiger partial charge in [-0.15, -0.1) is 12.4 Å². The van der Waals surface area contributed by atoms with Crippen LogP contribution in [0.15, 0.2) is 109 Å². The highest BCUT2D eigenvalue weighted by Crippen LogP contribution is 2.36. The van der Waals surface area contributed by atoms with Crippen LogP contribution in [0, 0.1) is 54.8 Å². The number of carbonyl (C=O) groups is 3. The molecule has 104 heavy (non-hydrogen) atoms. The number of rotatable bonds is 19. The summed E-state index contributed by atoms with van der Waals surface area (Å²) in [5.41, 5.74) is 16.2. The van der Waals surface area contributed by atoms with Gasteiger partial charge in [-0.05, 0) is 213 Å². The lowest BCUT2D eigenvalue weighted by atomic mass is 9.87. The number of carboxylic acid groups (broad SMARTS) is 1. The van der Waals surface area contributed by atoms with Crippen LogP contribution in [0.3, 0.4) is 0 Å². The summed E-state index contributed by atoms with van der Waals surface area (Å²) in [5.74, 6) is 4.64. The molecule has 3 aliphatic rings. The molecule has 3 aromatic heterocycles. The van der Waals surface area contributed by atoms with Crippen molar-refractivity contribution in [3.05, 3.63) is 210 Å². The Bertz CT molecular complexity index is 4460. The molecule has 0 unspecified atom stereocenters. The second kappa shape index (κ2) is 38.3. The van der Waals surface area contributed by atoms with Crippen LogP contribution >= 0.6 is 12.4 Å². The Kier molecular flexibility index (Phi) is 29.3. The number of nitrogens with zero attached hydrogens (tertiary/aromatic N) is 11. The SMILES string of the molecule is CCCc1cc(C)c(-c2n[nH]c(COC)n2)cc1C(=O)N1CCC(c2ccc(C#N)cc2)CC1.COCc1nc(-c2cc(C(=O)N3CCC(c4ccc(C#N)cc4)CC3)c(C(C)C)cc2C)n[nH]1.COCc1nc(-c2cc(C(=O)O)c(C(C)C)cc2C)n[nH]1.Cl.N#Cc1ccc(C2CCNCC2)cc1. The van der Waals surface area contributed by atoms with Gasteiger partial charge in [0.15, 0.2) is 34.9 Å². The summed E-state index contributed by atoms with van der Waals surface area (Å²) < 4.78 is 15.3. The van der Waals surface area contributed by atoms with Gasteiger partial charge in [-0.1, -0.05) is 95.6 Å². The number of nitriles is 3. The number of H-pyrrole nitrogens is 3. The first-order valence-corrected chi connectivity index (χ1v) is 35.5. The Morgan fingerprint density at radius 2 is 0.827 bits per heavy atom. The molecule has 0 spiro atoms. The molecule has 12 rings (SSSR count). The zero-order valence-corrected chi connectivity index (χ0v) is 62.3. The minimum atomic E-state index is -0.937. The van der Waals surface area contributed by atoms with Crippen molar-refractivity contribution in [3.8, 4) is 52.4 Å². The van der Waals surface area contributed by atoms with Crippen LogP contribution in [0.4, 0.5) is 0 Å². The number of halogens is 1. The lowest BCUT2D eigenvalue weighted by molar-refractivity contribution is 0.0689. The predicted molar refractivity (Wildman–Crippen MR) is 402 cm³/mol. The normalized spacial score (nSPS) is 14.0. The zero-order chi connectivity index (χ0) is 73.7. The molecule has 3 saturated heterocycles. The molecule has 0 aliphatic carbocycles. The highest BCUT2D eigenvalue weighted by Gasteiger charge is 2.30. The summed E-state index contributed by atoms with van der Waals surface area (Å²) >= 11 is 0. The molecule has 0 atom stereocenters. The average molecular weight is 1430 g/mol. The lowest BCUT2D eigenvalue weighted by Crippen LogP contribution is -2.38. The molecular formula is C81H96ClN15O7. The minimum Gasteiger partial charge on any atom is -0.478 e. The standard InChI is InChI=1S/2C27H31N5O2.C15H19N3O3.C12H14N2.ClH/c1-17(2)22-13-18(3)23(26-29-25(16-34-4)30-31-26)14-24(22)27(33)32-11-9-21(10-12-32)20-7-5-19(15-28)6-8-20;1-4-5-22-14-18(2)23(26-29-25(17-34-3)30-31-26)15-24(22)27(33)32-12-10-21(11-13-32)20-8-6-19(16-28)7-9-20;1-8(2)10-5-9(3)11(6-12(10)15(19)20)14-16-13(7-21-4)17-18-14;13-9-10-1-3-11(4-2-10)12-5-7-14-8-6-12;/h5-8,13-14,17,21H,9-12,16H2,1-4H3,(H,29,30,31);6-9,14-15,21H,4-5,10-13,17H2,1-3H3,(H,29,30,31);5-6,8H,7H2,1-4H3,(H,19,20)(H,16,17,18);1-4,12,14H,5-8H2;1H. The van der Waals surface area contributed by atoms with Gasteiger partial charge in [0.2, 0.25) is 0 Å². The van der Waals surface area contributed by atoms with Crippen LogP contribution < -0.4 is 5.32 Å². The Morgan fingerprint density at radius 3 is 1.16 bits per heavy atom. The van der Waals surface area contributed by atoms with E-state index in [0.717, 1.165) is 131 Å². The molecule has 0 saturated carbocycles. The van der Waals surface area contributed by atoms with Gasteiger partial charge in [0.05, 0.1) is 40.5 Å². The molecule has 9 aromatic rings. The smallest absolute Gasteiger partial charge is 0.335 e. The van der Waals surface area contributed by atoms with E-state index in [4.69, 9.17) is 30.0 Å². The number of methoxy groups -OCH3 is 3. The number of aromatic nitrogens is 9. The molecular weight excluding hydrogens is 1330 g/mol. The van der Waals surface area contributed by atoms with E-state index >= 15 is 0 Å². The first-order valence-electron chi connectivity index (χ1n) is 35.5. The van der Waals surface area contributed by atoms with Crippen LogP contribution in [0.2, 0.25) is 0 Å². The molecule has 6 heterocycles. The minimum absolute atomic E-state index is 0. The van der Waals surface area contributed by atoms with E-state index in [1.807, 2.05) is 123 Å². The van der Waals surface area contributed by atoms with E-state index in [-0.39, 0.29) is 36.1 Å². The first kappa shape index (κ1) is 79.5. The first-order chi connectivity index (χ1) is 49.8. The molecule has 3 fully saturated rings. The lowest BCUT2D eigenvalue weighted by Gasteiger charge is -2.33.